The molecule has 3 aromatic rings. The van der Waals surface area contributed by atoms with Crippen molar-refractivity contribution in [1.29, 1.82) is 0 Å². The molecule has 0 spiro atoms. The van der Waals surface area contributed by atoms with Crippen LogP contribution in [0.4, 0.5) is 11.5 Å². The number of anilines is 2. The van der Waals surface area contributed by atoms with Crippen LogP contribution >= 0.6 is 11.8 Å². The number of benzene rings is 2. The lowest BCUT2D eigenvalue weighted by Gasteiger charge is -2.24. The molecule has 1 amide bonds. The maximum atomic E-state index is 13.3. The van der Waals surface area contributed by atoms with Crippen molar-refractivity contribution < 1.29 is 4.79 Å². The van der Waals surface area contributed by atoms with Crippen LogP contribution in [0, 0.1) is 0 Å². The lowest BCUT2D eigenvalue weighted by Crippen LogP contribution is -2.41. The molecule has 0 unspecified atom stereocenters. The maximum Gasteiger partial charge on any atom is 0.330 e. The van der Waals surface area contributed by atoms with Gasteiger partial charge in [0.15, 0.2) is 5.69 Å². The summed E-state index contributed by atoms with van der Waals surface area (Å²) in [6.07, 6.45) is 3.47. The Morgan fingerprint density at radius 2 is 1.77 bits per heavy atom. The first-order valence-corrected chi connectivity index (χ1v) is 11.3. The molecular formula is C23H26N4O3S. The van der Waals surface area contributed by atoms with Gasteiger partial charge < -0.3 is 10.6 Å². The summed E-state index contributed by atoms with van der Waals surface area (Å²) in [5, 5.41) is 0. The Balaban J connectivity index is 2.07. The fourth-order valence-corrected chi connectivity index (χ4v) is 3.69. The SMILES string of the molecule is CCCCN(C(=O)c1ccc(SC)cc1)c1c(N)n(Cc2ccccc2)c(=O)[nH]c1=O. The van der Waals surface area contributed by atoms with Crippen LogP contribution in [0.5, 0.6) is 0 Å². The van der Waals surface area contributed by atoms with Crippen LogP contribution in [0.3, 0.4) is 0 Å². The van der Waals surface area contributed by atoms with Crippen LogP contribution in [0.1, 0.15) is 35.7 Å². The second kappa shape index (κ2) is 10.2. The van der Waals surface area contributed by atoms with Gasteiger partial charge in [0.25, 0.3) is 11.5 Å². The van der Waals surface area contributed by atoms with Gasteiger partial charge in [0.2, 0.25) is 0 Å². The summed E-state index contributed by atoms with van der Waals surface area (Å²) in [6.45, 7) is 2.50. The van der Waals surface area contributed by atoms with Crippen LogP contribution in [0.25, 0.3) is 0 Å². The van der Waals surface area contributed by atoms with Crippen LogP contribution in [0.15, 0.2) is 69.1 Å². The first kappa shape index (κ1) is 22.4. The number of nitrogens with two attached hydrogens (primary N) is 1. The second-order valence-electron chi connectivity index (χ2n) is 7.10. The zero-order valence-corrected chi connectivity index (χ0v) is 18.4. The number of hydrogen-bond acceptors (Lipinski definition) is 5. The van der Waals surface area contributed by atoms with Crippen molar-refractivity contribution >= 4 is 29.2 Å². The highest BCUT2D eigenvalue weighted by Crippen LogP contribution is 2.22. The molecule has 7 nitrogen and oxygen atoms in total. The molecule has 0 bridgehead atoms. The number of H-pyrrole nitrogens is 1. The largest absolute Gasteiger partial charge is 0.383 e. The van der Waals surface area contributed by atoms with E-state index >= 15 is 0 Å². The third-order valence-electron chi connectivity index (χ3n) is 4.98. The molecule has 0 aliphatic heterocycles. The van der Waals surface area contributed by atoms with E-state index in [1.165, 1.54) is 9.47 Å². The number of rotatable bonds is 8. The molecule has 0 saturated heterocycles. The second-order valence-corrected chi connectivity index (χ2v) is 7.98. The number of unbranched alkanes of at least 4 members (excludes halogenated alkanes) is 1. The standard InChI is InChI=1S/C23H26N4O3S/c1-3-4-14-26(22(29)17-10-12-18(31-2)13-11-17)19-20(24)27(23(30)25-21(19)28)15-16-8-6-5-7-9-16/h5-13H,3-4,14-15,24H2,1-2H3,(H,25,28,30). The normalized spacial score (nSPS) is 10.8. The number of hydrogen-bond donors (Lipinski definition) is 2. The van der Waals surface area contributed by atoms with Crippen molar-refractivity contribution in [2.24, 2.45) is 0 Å². The monoisotopic (exact) mass is 438 g/mol. The highest BCUT2D eigenvalue weighted by atomic mass is 32.2. The molecule has 0 aliphatic rings. The lowest BCUT2D eigenvalue weighted by molar-refractivity contribution is 0.0986. The summed E-state index contributed by atoms with van der Waals surface area (Å²) >= 11 is 1.58. The van der Waals surface area contributed by atoms with Crippen molar-refractivity contribution in [2.45, 2.75) is 31.2 Å². The van der Waals surface area contributed by atoms with Gasteiger partial charge in [-0.3, -0.25) is 19.1 Å². The molecule has 3 N–H and O–H groups in total. The molecule has 0 saturated carbocycles. The minimum atomic E-state index is -0.669. The lowest BCUT2D eigenvalue weighted by atomic mass is 10.1. The smallest absolute Gasteiger partial charge is 0.330 e. The van der Waals surface area contributed by atoms with E-state index in [1.807, 2.05) is 55.6 Å². The Morgan fingerprint density at radius 3 is 2.39 bits per heavy atom. The molecule has 3 rings (SSSR count). The molecule has 1 aromatic heterocycles. The zero-order valence-electron chi connectivity index (χ0n) is 17.6. The molecule has 8 heteroatoms. The van der Waals surface area contributed by atoms with Gasteiger partial charge in [-0.2, -0.15) is 0 Å². The molecule has 0 fully saturated rings. The number of carbonyl (C=O) groups excluding carboxylic acids is 1. The third-order valence-corrected chi connectivity index (χ3v) is 5.73. The number of amides is 1. The Labute approximate surface area is 184 Å². The summed E-state index contributed by atoms with van der Waals surface area (Å²) in [4.78, 5) is 43.3. The zero-order chi connectivity index (χ0) is 22.4. The fraction of sp³-hybridized carbons (Fsp3) is 0.261. The number of aromatic amines is 1. The molecule has 0 atom stereocenters. The van der Waals surface area contributed by atoms with Gasteiger partial charge >= 0.3 is 5.69 Å². The van der Waals surface area contributed by atoms with Gasteiger partial charge in [0.1, 0.15) is 5.82 Å². The number of thioether (sulfide) groups is 1. The van der Waals surface area contributed by atoms with Gasteiger partial charge in [0.05, 0.1) is 6.54 Å². The predicted octanol–water partition coefficient (Wildman–Crippen LogP) is 3.34. The summed E-state index contributed by atoms with van der Waals surface area (Å²) in [5.41, 5.74) is 6.34. The van der Waals surface area contributed by atoms with Gasteiger partial charge in [-0.05, 0) is 42.5 Å². The van der Waals surface area contributed by atoms with Crippen molar-refractivity contribution in [1.82, 2.24) is 9.55 Å². The summed E-state index contributed by atoms with van der Waals surface area (Å²) in [7, 11) is 0. The Kier molecular flexibility index (Phi) is 7.36. The average molecular weight is 439 g/mol. The minimum Gasteiger partial charge on any atom is -0.383 e. The third kappa shape index (κ3) is 5.08. The Hall–Kier alpha value is -3.26. The maximum absolute atomic E-state index is 13.3. The topological polar surface area (TPSA) is 101 Å². The number of nitrogens with one attached hydrogen (secondary N) is 1. The van der Waals surface area contributed by atoms with E-state index in [4.69, 9.17) is 5.73 Å². The van der Waals surface area contributed by atoms with Crippen LogP contribution in [0.2, 0.25) is 0 Å². The highest BCUT2D eigenvalue weighted by Gasteiger charge is 2.25. The van der Waals surface area contributed by atoms with Crippen molar-refractivity contribution in [3.8, 4) is 0 Å². The van der Waals surface area contributed by atoms with Gasteiger partial charge in [0, 0.05) is 17.0 Å². The van der Waals surface area contributed by atoms with E-state index in [2.05, 4.69) is 4.98 Å². The molecule has 162 valence electrons. The molecule has 0 aliphatic carbocycles. The van der Waals surface area contributed by atoms with E-state index < -0.39 is 11.2 Å². The van der Waals surface area contributed by atoms with E-state index in [0.717, 1.165) is 16.9 Å². The fourth-order valence-electron chi connectivity index (χ4n) is 3.28. The number of carbonyl (C=O) groups is 1. The van der Waals surface area contributed by atoms with Gasteiger partial charge in [-0.15, -0.1) is 11.8 Å². The highest BCUT2D eigenvalue weighted by molar-refractivity contribution is 7.98. The number of nitrogens with zero attached hydrogens (tertiary/aromatic N) is 2. The average Bonchev–Trinajstić information content (AvgIpc) is 2.79. The quantitative estimate of drug-likeness (QED) is 0.525. The van der Waals surface area contributed by atoms with E-state index in [-0.39, 0.29) is 24.0 Å². The van der Waals surface area contributed by atoms with Crippen LogP contribution < -0.4 is 21.9 Å². The number of nitrogen functional groups attached to an aromatic ring is 1. The predicted molar refractivity (Wildman–Crippen MR) is 126 cm³/mol. The van der Waals surface area contributed by atoms with Crippen molar-refractivity contribution in [3.05, 3.63) is 86.6 Å². The molecule has 2 aromatic carbocycles. The first-order valence-electron chi connectivity index (χ1n) is 10.1. The minimum absolute atomic E-state index is 0.00271. The van der Waals surface area contributed by atoms with Gasteiger partial charge in [-0.1, -0.05) is 43.7 Å². The van der Waals surface area contributed by atoms with E-state index in [9.17, 15) is 14.4 Å². The molecule has 1 heterocycles. The number of aromatic nitrogens is 2. The van der Waals surface area contributed by atoms with Gasteiger partial charge in [-0.25, -0.2) is 4.79 Å². The van der Waals surface area contributed by atoms with Crippen LogP contribution in [-0.4, -0.2) is 28.3 Å². The van der Waals surface area contributed by atoms with E-state index in [1.54, 1.807) is 23.9 Å². The Morgan fingerprint density at radius 1 is 1.10 bits per heavy atom. The summed E-state index contributed by atoms with van der Waals surface area (Å²) in [5.74, 6) is -0.356. The first-order chi connectivity index (χ1) is 15.0. The van der Waals surface area contributed by atoms with Crippen molar-refractivity contribution in [2.75, 3.05) is 23.4 Å². The van der Waals surface area contributed by atoms with Crippen molar-refractivity contribution in [3.63, 3.8) is 0 Å². The summed E-state index contributed by atoms with van der Waals surface area (Å²) in [6, 6.07) is 16.5. The Bertz CT molecular complexity index is 1150. The molecular weight excluding hydrogens is 412 g/mol. The summed E-state index contributed by atoms with van der Waals surface area (Å²) < 4.78 is 1.29. The molecule has 31 heavy (non-hydrogen) atoms. The van der Waals surface area contributed by atoms with E-state index in [0.29, 0.717) is 18.5 Å². The van der Waals surface area contributed by atoms with Crippen LogP contribution in [-0.2, 0) is 6.54 Å². The molecule has 0 radical (unpaired) electrons.